The van der Waals surface area contributed by atoms with Gasteiger partial charge in [-0.2, -0.15) is 0 Å². The summed E-state index contributed by atoms with van der Waals surface area (Å²) in [6.07, 6.45) is 2.76. The molecule has 0 aromatic heterocycles. The van der Waals surface area contributed by atoms with Crippen molar-refractivity contribution in [1.82, 2.24) is 0 Å². The van der Waals surface area contributed by atoms with Crippen molar-refractivity contribution in [2.24, 2.45) is 0 Å². The van der Waals surface area contributed by atoms with Gasteiger partial charge in [0.15, 0.2) is 5.79 Å². The first-order valence-corrected chi connectivity index (χ1v) is 5.58. The molecule has 18 heavy (non-hydrogen) atoms. The standard InChI is InChI=1S/C12H18O6/c1-12(2)17-9(7-13)11(18-12)8(14)5-3-4-6-10(15)16/h3-6,8-9,11,13-14H,7H2,1-2H3,(H,15,16)/t8-,9-,11+/m1/s1. The molecule has 0 bridgehead atoms. The summed E-state index contributed by atoms with van der Waals surface area (Å²) in [5, 5.41) is 27.4. The van der Waals surface area contributed by atoms with Crippen LogP contribution < -0.4 is 0 Å². The molecule has 1 fully saturated rings. The lowest BCUT2D eigenvalue weighted by Crippen LogP contribution is -2.36. The highest BCUT2D eigenvalue weighted by atomic mass is 16.8. The number of aliphatic carboxylic acids is 1. The maximum atomic E-state index is 10.2. The summed E-state index contributed by atoms with van der Waals surface area (Å²) in [5.74, 6) is -1.92. The van der Waals surface area contributed by atoms with Crippen molar-refractivity contribution in [2.75, 3.05) is 6.61 Å². The Labute approximate surface area is 105 Å². The first-order valence-electron chi connectivity index (χ1n) is 5.58. The van der Waals surface area contributed by atoms with Crippen LogP contribution in [0.25, 0.3) is 0 Å². The van der Waals surface area contributed by atoms with Gasteiger partial charge in [0, 0.05) is 6.08 Å². The van der Waals surface area contributed by atoms with Crippen molar-refractivity contribution in [3.05, 3.63) is 24.3 Å². The fourth-order valence-corrected chi connectivity index (χ4v) is 1.72. The Balaban J connectivity index is 2.60. The van der Waals surface area contributed by atoms with Crippen LogP contribution in [0.5, 0.6) is 0 Å². The zero-order valence-electron chi connectivity index (χ0n) is 10.3. The molecule has 1 heterocycles. The predicted molar refractivity (Wildman–Crippen MR) is 62.8 cm³/mol. The van der Waals surface area contributed by atoms with Crippen molar-refractivity contribution < 1.29 is 29.6 Å². The molecular weight excluding hydrogens is 240 g/mol. The number of hydrogen-bond acceptors (Lipinski definition) is 5. The molecule has 0 aliphatic carbocycles. The van der Waals surface area contributed by atoms with Crippen LogP contribution >= 0.6 is 0 Å². The second-order valence-corrected chi connectivity index (χ2v) is 4.39. The van der Waals surface area contributed by atoms with Crippen molar-refractivity contribution in [3.8, 4) is 0 Å². The Morgan fingerprint density at radius 3 is 2.61 bits per heavy atom. The smallest absolute Gasteiger partial charge is 0.328 e. The van der Waals surface area contributed by atoms with Gasteiger partial charge >= 0.3 is 5.97 Å². The van der Waals surface area contributed by atoms with Crippen LogP contribution in [-0.4, -0.2) is 52.0 Å². The third kappa shape index (κ3) is 4.23. The van der Waals surface area contributed by atoms with E-state index in [-0.39, 0.29) is 6.61 Å². The number of carboxylic acid groups (broad SMARTS) is 1. The molecule has 0 radical (unpaired) electrons. The van der Waals surface area contributed by atoms with E-state index >= 15 is 0 Å². The minimum Gasteiger partial charge on any atom is -0.478 e. The van der Waals surface area contributed by atoms with Crippen LogP contribution in [0.1, 0.15) is 13.8 Å². The van der Waals surface area contributed by atoms with E-state index in [9.17, 15) is 9.90 Å². The lowest BCUT2D eigenvalue weighted by molar-refractivity contribution is -0.154. The summed E-state index contributed by atoms with van der Waals surface area (Å²) < 4.78 is 10.9. The molecule has 102 valence electrons. The van der Waals surface area contributed by atoms with Gasteiger partial charge in [0.2, 0.25) is 0 Å². The molecule has 1 rings (SSSR count). The molecule has 1 aliphatic rings. The third-order valence-electron chi connectivity index (χ3n) is 2.40. The number of allylic oxidation sites excluding steroid dienone is 2. The fourth-order valence-electron chi connectivity index (χ4n) is 1.72. The number of aliphatic hydroxyl groups is 2. The van der Waals surface area contributed by atoms with E-state index in [0.29, 0.717) is 0 Å². The number of ether oxygens (including phenoxy) is 2. The molecule has 1 aliphatic heterocycles. The molecule has 0 aromatic carbocycles. The summed E-state index contributed by atoms with van der Waals surface area (Å²) in [7, 11) is 0. The maximum Gasteiger partial charge on any atom is 0.328 e. The zero-order valence-corrected chi connectivity index (χ0v) is 10.3. The van der Waals surface area contributed by atoms with Gasteiger partial charge in [-0.05, 0) is 13.8 Å². The SMILES string of the molecule is CC1(C)O[C@@H]([C@H](O)C=CC=CC(=O)O)[C@@H](CO)O1. The second-order valence-electron chi connectivity index (χ2n) is 4.39. The molecule has 0 saturated carbocycles. The molecule has 0 unspecified atom stereocenters. The first kappa shape index (κ1) is 14.8. The van der Waals surface area contributed by atoms with Gasteiger partial charge in [-0.15, -0.1) is 0 Å². The molecule has 6 heteroatoms. The number of carbonyl (C=O) groups is 1. The highest BCUT2D eigenvalue weighted by molar-refractivity contribution is 5.80. The average molecular weight is 258 g/mol. The Bertz CT molecular complexity index is 346. The number of carboxylic acids is 1. The molecule has 0 amide bonds. The Morgan fingerprint density at radius 1 is 1.39 bits per heavy atom. The Kier molecular flexibility index (Phi) is 5.03. The number of aliphatic hydroxyl groups excluding tert-OH is 2. The highest BCUT2D eigenvalue weighted by Crippen LogP contribution is 2.30. The third-order valence-corrected chi connectivity index (χ3v) is 2.40. The summed E-state index contributed by atoms with van der Waals surface area (Å²) in [5.41, 5.74) is 0. The van der Waals surface area contributed by atoms with E-state index in [1.807, 2.05) is 0 Å². The van der Waals surface area contributed by atoms with E-state index in [2.05, 4.69) is 0 Å². The largest absolute Gasteiger partial charge is 0.478 e. The Morgan fingerprint density at radius 2 is 2.06 bits per heavy atom. The molecule has 0 spiro atoms. The van der Waals surface area contributed by atoms with Crippen molar-refractivity contribution >= 4 is 5.97 Å². The molecular formula is C12H18O6. The summed E-state index contributed by atoms with van der Waals surface area (Å²) in [4.78, 5) is 10.2. The quantitative estimate of drug-likeness (QED) is 0.476. The molecule has 3 atom stereocenters. The van der Waals surface area contributed by atoms with Crippen LogP contribution in [0.4, 0.5) is 0 Å². The molecule has 1 saturated heterocycles. The van der Waals surface area contributed by atoms with Crippen LogP contribution in [0.15, 0.2) is 24.3 Å². The average Bonchev–Trinajstić information content (AvgIpc) is 2.59. The molecule has 3 N–H and O–H groups in total. The normalized spacial score (nSPS) is 29.1. The van der Waals surface area contributed by atoms with Crippen LogP contribution in [0, 0.1) is 0 Å². The predicted octanol–water partition coefficient (Wildman–Crippen LogP) is 0.0567. The molecule has 0 aromatic rings. The van der Waals surface area contributed by atoms with Gasteiger partial charge in [-0.3, -0.25) is 0 Å². The van der Waals surface area contributed by atoms with E-state index in [0.717, 1.165) is 6.08 Å². The molecule has 6 nitrogen and oxygen atoms in total. The van der Waals surface area contributed by atoms with E-state index in [1.54, 1.807) is 13.8 Å². The van der Waals surface area contributed by atoms with Crippen LogP contribution in [-0.2, 0) is 14.3 Å². The fraction of sp³-hybridized carbons (Fsp3) is 0.583. The van der Waals surface area contributed by atoms with Crippen molar-refractivity contribution in [2.45, 2.75) is 37.9 Å². The van der Waals surface area contributed by atoms with Crippen molar-refractivity contribution in [3.63, 3.8) is 0 Å². The minimum atomic E-state index is -1.07. The van der Waals surface area contributed by atoms with Gasteiger partial charge in [0.05, 0.1) is 6.61 Å². The summed E-state index contributed by atoms with van der Waals surface area (Å²) in [6, 6.07) is 0. The van der Waals surface area contributed by atoms with E-state index in [1.165, 1.54) is 18.2 Å². The van der Waals surface area contributed by atoms with Gasteiger partial charge < -0.3 is 24.8 Å². The zero-order chi connectivity index (χ0) is 13.8. The Hall–Kier alpha value is -1.21. The number of rotatable bonds is 5. The topological polar surface area (TPSA) is 96.2 Å². The van der Waals surface area contributed by atoms with Gasteiger partial charge in [0.25, 0.3) is 0 Å². The van der Waals surface area contributed by atoms with Gasteiger partial charge in [-0.25, -0.2) is 4.79 Å². The van der Waals surface area contributed by atoms with Gasteiger partial charge in [0.1, 0.15) is 18.3 Å². The monoisotopic (exact) mass is 258 g/mol. The lowest BCUT2D eigenvalue weighted by Gasteiger charge is -2.19. The summed E-state index contributed by atoms with van der Waals surface area (Å²) >= 11 is 0. The van der Waals surface area contributed by atoms with Crippen LogP contribution in [0.2, 0.25) is 0 Å². The van der Waals surface area contributed by atoms with Crippen LogP contribution in [0.3, 0.4) is 0 Å². The minimum absolute atomic E-state index is 0.260. The lowest BCUT2D eigenvalue weighted by atomic mass is 10.1. The van der Waals surface area contributed by atoms with Crippen molar-refractivity contribution in [1.29, 1.82) is 0 Å². The maximum absolute atomic E-state index is 10.2. The van der Waals surface area contributed by atoms with E-state index in [4.69, 9.17) is 19.7 Å². The second kappa shape index (κ2) is 6.10. The first-order chi connectivity index (χ1) is 8.35. The number of hydrogen-bond donors (Lipinski definition) is 3. The van der Waals surface area contributed by atoms with Gasteiger partial charge in [-0.1, -0.05) is 18.2 Å². The van der Waals surface area contributed by atoms with E-state index < -0.39 is 30.1 Å². The summed E-state index contributed by atoms with van der Waals surface area (Å²) in [6.45, 7) is 3.12. The highest BCUT2D eigenvalue weighted by Gasteiger charge is 2.43.